The van der Waals surface area contributed by atoms with Gasteiger partial charge in [0, 0.05) is 18.6 Å². The zero-order chi connectivity index (χ0) is 13.9. The minimum atomic E-state index is -0.650. The summed E-state index contributed by atoms with van der Waals surface area (Å²) in [5.74, 6) is -0.650. The van der Waals surface area contributed by atoms with Crippen LogP contribution in [0.5, 0.6) is 0 Å². The van der Waals surface area contributed by atoms with Crippen molar-refractivity contribution in [1.82, 2.24) is 10.2 Å². The number of nitrogens with one attached hydrogen (secondary N) is 1. The van der Waals surface area contributed by atoms with E-state index in [2.05, 4.69) is 10.2 Å². The molecule has 2 aliphatic rings. The number of carboxylic acid groups (broad SMARTS) is 1. The summed E-state index contributed by atoms with van der Waals surface area (Å²) in [5.41, 5.74) is -0.577. The maximum absolute atomic E-state index is 11.5. The van der Waals surface area contributed by atoms with Crippen LogP contribution in [-0.2, 0) is 4.79 Å². The molecule has 0 bridgehead atoms. The zero-order valence-corrected chi connectivity index (χ0v) is 12.3. The van der Waals surface area contributed by atoms with Crippen molar-refractivity contribution in [2.24, 2.45) is 5.41 Å². The Kier molecular flexibility index (Phi) is 4.85. The van der Waals surface area contributed by atoms with E-state index >= 15 is 0 Å². The van der Waals surface area contributed by atoms with Gasteiger partial charge in [-0.2, -0.15) is 0 Å². The topological polar surface area (TPSA) is 52.6 Å². The van der Waals surface area contributed by atoms with Crippen LogP contribution in [0, 0.1) is 5.41 Å². The van der Waals surface area contributed by atoms with Crippen molar-refractivity contribution in [2.45, 2.75) is 64.5 Å². The summed E-state index contributed by atoms with van der Waals surface area (Å²) in [6.45, 7) is 7.03. The first-order valence-corrected chi connectivity index (χ1v) is 7.82. The lowest BCUT2D eigenvalue weighted by Gasteiger charge is -2.37. The number of piperidine rings is 1. The van der Waals surface area contributed by atoms with Gasteiger partial charge in [0.2, 0.25) is 0 Å². The minimum Gasteiger partial charge on any atom is -0.481 e. The monoisotopic (exact) mass is 268 g/mol. The fraction of sp³-hybridized carbons (Fsp3) is 0.933. The third-order valence-electron chi connectivity index (χ3n) is 5.36. The first kappa shape index (κ1) is 14.8. The van der Waals surface area contributed by atoms with Crippen LogP contribution in [0.25, 0.3) is 0 Å². The van der Waals surface area contributed by atoms with Crippen molar-refractivity contribution >= 4 is 5.97 Å². The van der Waals surface area contributed by atoms with E-state index in [0.717, 1.165) is 6.04 Å². The number of fused-ring (bicyclic) bond motifs is 1. The molecule has 110 valence electrons. The van der Waals surface area contributed by atoms with Crippen molar-refractivity contribution in [3.05, 3.63) is 0 Å². The molecule has 2 atom stereocenters. The normalized spacial score (nSPS) is 28.3. The Morgan fingerprint density at radius 2 is 2.05 bits per heavy atom. The highest BCUT2D eigenvalue weighted by atomic mass is 16.4. The summed E-state index contributed by atoms with van der Waals surface area (Å²) in [6.07, 6.45) is 6.43. The van der Waals surface area contributed by atoms with Gasteiger partial charge in [0.25, 0.3) is 0 Å². The molecule has 0 aromatic rings. The molecular weight excluding hydrogens is 240 g/mol. The highest BCUT2D eigenvalue weighted by Gasteiger charge is 2.37. The van der Waals surface area contributed by atoms with Crippen LogP contribution in [0.4, 0.5) is 0 Å². The van der Waals surface area contributed by atoms with E-state index in [-0.39, 0.29) is 0 Å². The SMILES string of the molecule is CCC(CC)(CN[C@H]1CCN2CCC[C@H]2C1)C(=O)O. The number of nitrogens with zero attached hydrogens (tertiary/aromatic N) is 1. The highest BCUT2D eigenvalue weighted by molar-refractivity contribution is 5.74. The van der Waals surface area contributed by atoms with Gasteiger partial charge >= 0.3 is 5.97 Å². The van der Waals surface area contributed by atoms with Crippen LogP contribution in [-0.4, -0.2) is 47.7 Å². The predicted octanol–water partition coefficient (Wildman–Crippen LogP) is 2.09. The lowest BCUT2D eigenvalue weighted by atomic mass is 9.82. The maximum atomic E-state index is 11.5. The number of rotatable bonds is 6. The van der Waals surface area contributed by atoms with Crippen LogP contribution in [0.15, 0.2) is 0 Å². The van der Waals surface area contributed by atoms with Crippen molar-refractivity contribution in [3.63, 3.8) is 0 Å². The molecule has 2 saturated heterocycles. The lowest BCUT2D eigenvalue weighted by Crippen LogP contribution is -2.49. The second kappa shape index (κ2) is 6.23. The van der Waals surface area contributed by atoms with Crippen LogP contribution in [0.3, 0.4) is 0 Å². The summed E-state index contributed by atoms with van der Waals surface area (Å²) in [6, 6.07) is 1.25. The molecule has 4 nitrogen and oxygen atoms in total. The van der Waals surface area contributed by atoms with Gasteiger partial charge in [0.1, 0.15) is 0 Å². The third kappa shape index (κ3) is 3.11. The van der Waals surface area contributed by atoms with E-state index in [1.807, 2.05) is 13.8 Å². The largest absolute Gasteiger partial charge is 0.481 e. The van der Waals surface area contributed by atoms with Gasteiger partial charge in [-0.15, -0.1) is 0 Å². The molecule has 2 rings (SSSR count). The number of carbonyl (C=O) groups is 1. The quantitative estimate of drug-likeness (QED) is 0.774. The Balaban J connectivity index is 1.86. The standard InChI is InChI=1S/C15H28N2O2/c1-3-15(4-2,14(18)19)11-16-12-7-9-17-8-5-6-13(17)10-12/h12-13,16H,3-11H2,1-2H3,(H,18,19)/t12-,13-/m0/s1. The summed E-state index contributed by atoms with van der Waals surface area (Å²) >= 11 is 0. The summed E-state index contributed by atoms with van der Waals surface area (Å²) < 4.78 is 0. The van der Waals surface area contributed by atoms with Gasteiger partial charge in [-0.05, 0) is 51.6 Å². The maximum Gasteiger partial charge on any atom is 0.310 e. The van der Waals surface area contributed by atoms with Crippen molar-refractivity contribution in [2.75, 3.05) is 19.6 Å². The van der Waals surface area contributed by atoms with Gasteiger partial charge in [-0.25, -0.2) is 0 Å². The van der Waals surface area contributed by atoms with Gasteiger partial charge in [-0.1, -0.05) is 13.8 Å². The van der Waals surface area contributed by atoms with Crippen LogP contribution < -0.4 is 5.32 Å². The van der Waals surface area contributed by atoms with Gasteiger partial charge in [0.15, 0.2) is 0 Å². The smallest absolute Gasteiger partial charge is 0.310 e. The molecule has 4 heteroatoms. The Morgan fingerprint density at radius 3 is 2.68 bits per heavy atom. The van der Waals surface area contributed by atoms with Crippen molar-refractivity contribution < 1.29 is 9.90 Å². The first-order valence-electron chi connectivity index (χ1n) is 7.82. The molecule has 2 fully saturated rings. The highest BCUT2D eigenvalue weighted by Crippen LogP contribution is 2.29. The number of hydrogen-bond acceptors (Lipinski definition) is 3. The van der Waals surface area contributed by atoms with E-state index < -0.39 is 11.4 Å². The summed E-state index contributed by atoms with van der Waals surface area (Å²) in [4.78, 5) is 14.1. The summed E-state index contributed by atoms with van der Waals surface area (Å²) in [7, 11) is 0. The van der Waals surface area contributed by atoms with Gasteiger partial charge < -0.3 is 15.3 Å². The van der Waals surface area contributed by atoms with E-state index in [4.69, 9.17) is 0 Å². The first-order chi connectivity index (χ1) is 9.11. The van der Waals surface area contributed by atoms with Gasteiger partial charge in [0.05, 0.1) is 5.41 Å². The van der Waals surface area contributed by atoms with Crippen LogP contribution >= 0.6 is 0 Å². The molecule has 0 amide bonds. The lowest BCUT2D eigenvalue weighted by molar-refractivity contribution is -0.149. The molecular formula is C15H28N2O2. The second-order valence-corrected chi connectivity index (χ2v) is 6.23. The molecule has 0 radical (unpaired) electrons. The second-order valence-electron chi connectivity index (χ2n) is 6.23. The Morgan fingerprint density at radius 1 is 1.32 bits per heavy atom. The molecule has 0 unspecified atom stereocenters. The van der Waals surface area contributed by atoms with Crippen molar-refractivity contribution in [3.8, 4) is 0 Å². The van der Waals surface area contributed by atoms with Crippen molar-refractivity contribution in [1.29, 1.82) is 0 Å². The Hall–Kier alpha value is -0.610. The molecule has 2 aliphatic heterocycles. The Bertz CT molecular complexity index is 315. The molecule has 2 N–H and O–H groups in total. The number of carboxylic acids is 1. The number of hydrogen-bond donors (Lipinski definition) is 2. The van der Waals surface area contributed by atoms with E-state index in [0.29, 0.717) is 25.4 Å². The zero-order valence-electron chi connectivity index (χ0n) is 12.3. The molecule has 0 saturated carbocycles. The molecule has 19 heavy (non-hydrogen) atoms. The van der Waals surface area contributed by atoms with Crippen LogP contribution in [0.1, 0.15) is 52.4 Å². The predicted molar refractivity (Wildman–Crippen MR) is 76.3 cm³/mol. The average molecular weight is 268 g/mol. The molecule has 0 spiro atoms. The molecule has 0 aromatic carbocycles. The fourth-order valence-electron chi connectivity index (χ4n) is 3.63. The summed E-state index contributed by atoms with van der Waals surface area (Å²) in [5, 5.41) is 13.0. The number of aliphatic carboxylic acids is 1. The molecule has 2 heterocycles. The van der Waals surface area contributed by atoms with Crippen LogP contribution in [0.2, 0.25) is 0 Å². The molecule has 0 aromatic heterocycles. The van der Waals surface area contributed by atoms with E-state index in [9.17, 15) is 9.90 Å². The average Bonchev–Trinajstić information content (AvgIpc) is 2.87. The third-order valence-corrected chi connectivity index (χ3v) is 5.36. The van der Waals surface area contributed by atoms with E-state index in [1.165, 1.54) is 38.8 Å². The molecule has 0 aliphatic carbocycles. The Labute approximate surface area is 116 Å². The van der Waals surface area contributed by atoms with E-state index in [1.54, 1.807) is 0 Å². The minimum absolute atomic E-state index is 0.510. The van der Waals surface area contributed by atoms with Gasteiger partial charge in [-0.3, -0.25) is 4.79 Å². The fourth-order valence-corrected chi connectivity index (χ4v) is 3.63.